The molecule has 1 unspecified atom stereocenters. The zero-order valence-corrected chi connectivity index (χ0v) is 11.5. The van der Waals surface area contributed by atoms with Gasteiger partial charge in [-0.15, -0.1) is 0 Å². The smallest absolute Gasteiger partial charge is 0.245 e. The second-order valence-electron chi connectivity index (χ2n) is 5.19. The number of rotatable bonds is 2. The quantitative estimate of drug-likeness (QED) is 0.842. The van der Waals surface area contributed by atoms with Crippen LogP contribution in [-0.4, -0.2) is 34.0 Å². The molecule has 2 heterocycles. The van der Waals surface area contributed by atoms with E-state index in [1.165, 1.54) is 6.07 Å². The van der Waals surface area contributed by atoms with Crippen LogP contribution in [-0.2, 0) is 4.79 Å². The van der Waals surface area contributed by atoms with Crippen LogP contribution in [0.4, 0.5) is 4.39 Å². The Morgan fingerprint density at radius 1 is 1.40 bits per heavy atom. The maximum atomic E-state index is 13.4. The summed E-state index contributed by atoms with van der Waals surface area (Å²) in [6, 6.07) is 4.69. The Kier molecular flexibility index (Phi) is 3.04. The minimum atomic E-state index is -0.233. The van der Waals surface area contributed by atoms with Gasteiger partial charge in [-0.2, -0.15) is 0 Å². The fraction of sp³-hybridized carbons (Fsp3) is 0.333. The van der Waals surface area contributed by atoms with E-state index in [-0.39, 0.29) is 17.8 Å². The minimum Gasteiger partial charge on any atom is -0.344 e. The van der Waals surface area contributed by atoms with Gasteiger partial charge >= 0.3 is 0 Å². The molecule has 0 saturated carbocycles. The number of halogens is 1. The predicted molar refractivity (Wildman–Crippen MR) is 73.6 cm³/mol. The van der Waals surface area contributed by atoms with Gasteiger partial charge < -0.3 is 9.47 Å². The number of likely N-dealkylation sites (tertiary alicyclic amines) is 1. The Morgan fingerprint density at radius 2 is 2.20 bits per heavy atom. The van der Waals surface area contributed by atoms with Crippen LogP contribution in [0.5, 0.6) is 0 Å². The number of nitrogens with zero attached hydrogens (tertiary/aromatic N) is 3. The molecule has 1 saturated heterocycles. The van der Waals surface area contributed by atoms with Gasteiger partial charge in [0.25, 0.3) is 0 Å². The standard InChI is InChI=1S/C15H16FN3O/c1-10-9-11(3-4-12(10)16)14-17-6-8-19(14)13-5-7-18(2)15(13)20/h3-4,6,8-9,13H,5,7H2,1-2H3. The van der Waals surface area contributed by atoms with Gasteiger partial charge in [0, 0.05) is 31.5 Å². The zero-order chi connectivity index (χ0) is 14.3. The highest BCUT2D eigenvalue weighted by molar-refractivity contribution is 5.83. The number of hydrogen-bond acceptors (Lipinski definition) is 2. The maximum absolute atomic E-state index is 13.4. The topological polar surface area (TPSA) is 38.1 Å². The van der Waals surface area contributed by atoms with Crippen LogP contribution in [0.2, 0.25) is 0 Å². The predicted octanol–water partition coefficient (Wildman–Crippen LogP) is 2.40. The molecule has 1 aliphatic heterocycles. The Hall–Kier alpha value is -2.17. The summed E-state index contributed by atoms with van der Waals surface area (Å²) in [6.45, 7) is 2.48. The number of imidazole rings is 1. The number of likely N-dealkylation sites (N-methyl/N-ethyl adjacent to an activating group) is 1. The Morgan fingerprint density at radius 3 is 2.85 bits per heavy atom. The molecule has 0 spiro atoms. The fourth-order valence-electron chi connectivity index (χ4n) is 2.63. The molecular formula is C15H16FN3O. The number of aromatic nitrogens is 2. The molecule has 1 amide bonds. The van der Waals surface area contributed by atoms with Crippen molar-refractivity contribution < 1.29 is 9.18 Å². The number of amides is 1. The van der Waals surface area contributed by atoms with Gasteiger partial charge in [0.05, 0.1) is 0 Å². The molecule has 2 aromatic rings. The molecule has 4 nitrogen and oxygen atoms in total. The lowest BCUT2D eigenvalue weighted by atomic mass is 10.1. The fourth-order valence-corrected chi connectivity index (χ4v) is 2.63. The van der Waals surface area contributed by atoms with E-state index < -0.39 is 0 Å². The van der Waals surface area contributed by atoms with Crippen molar-refractivity contribution in [3.63, 3.8) is 0 Å². The third-order valence-electron chi connectivity index (χ3n) is 3.82. The van der Waals surface area contributed by atoms with Crippen molar-refractivity contribution in [2.24, 2.45) is 0 Å². The Bertz CT molecular complexity index is 665. The number of carbonyl (C=O) groups is 1. The van der Waals surface area contributed by atoms with Crippen molar-refractivity contribution >= 4 is 5.91 Å². The molecule has 3 rings (SSSR count). The van der Waals surface area contributed by atoms with Crippen LogP contribution in [0.25, 0.3) is 11.4 Å². The van der Waals surface area contributed by atoms with Crippen molar-refractivity contribution in [3.05, 3.63) is 42.0 Å². The minimum absolute atomic E-state index is 0.100. The first-order valence-electron chi connectivity index (χ1n) is 6.62. The molecule has 0 N–H and O–H groups in total. The summed E-state index contributed by atoms with van der Waals surface area (Å²) in [7, 11) is 1.81. The lowest BCUT2D eigenvalue weighted by Gasteiger charge is -2.15. The van der Waals surface area contributed by atoms with Gasteiger partial charge in [0.2, 0.25) is 5.91 Å². The second-order valence-corrected chi connectivity index (χ2v) is 5.19. The molecule has 1 aromatic carbocycles. The lowest BCUT2D eigenvalue weighted by Crippen LogP contribution is -2.24. The van der Waals surface area contributed by atoms with Crippen molar-refractivity contribution in [1.29, 1.82) is 0 Å². The highest BCUT2D eigenvalue weighted by Crippen LogP contribution is 2.28. The highest BCUT2D eigenvalue weighted by atomic mass is 19.1. The van der Waals surface area contributed by atoms with E-state index in [4.69, 9.17) is 0 Å². The van der Waals surface area contributed by atoms with Gasteiger partial charge in [-0.1, -0.05) is 0 Å². The SMILES string of the molecule is Cc1cc(-c2nccn2C2CCN(C)C2=O)ccc1F. The van der Waals surface area contributed by atoms with Gasteiger partial charge in [-0.25, -0.2) is 9.37 Å². The average Bonchev–Trinajstić information content (AvgIpc) is 3.01. The summed E-state index contributed by atoms with van der Waals surface area (Å²) in [4.78, 5) is 18.2. The van der Waals surface area contributed by atoms with Crippen molar-refractivity contribution in [2.45, 2.75) is 19.4 Å². The van der Waals surface area contributed by atoms with E-state index in [0.717, 1.165) is 18.5 Å². The van der Waals surface area contributed by atoms with Gasteiger partial charge in [-0.05, 0) is 37.1 Å². The number of benzene rings is 1. The van der Waals surface area contributed by atoms with Crippen LogP contribution in [0, 0.1) is 12.7 Å². The zero-order valence-electron chi connectivity index (χ0n) is 11.5. The largest absolute Gasteiger partial charge is 0.344 e. The molecule has 1 fully saturated rings. The Balaban J connectivity index is 2.02. The normalized spacial score (nSPS) is 18.9. The van der Waals surface area contributed by atoms with E-state index in [1.807, 2.05) is 10.8 Å². The molecule has 20 heavy (non-hydrogen) atoms. The molecule has 104 valence electrons. The van der Waals surface area contributed by atoms with Gasteiger partial charge in [0.15, 0.2) is 0 Å². The van der Waals surface area contributed by atoms with E-state index in [9.17, 15) is 9.18 Å². The van der Waals surface area contributed by atoms with E-state index in [0.29, 0.717) is 11.4 Å². The third kappa shape index (κ3) is 1.99. The summed E-state index contributed by atoms with van der Waals surface area (Å²) in [5.74, 6) is 0.577. The molecule has 5 heteroatoms. The van der Waals surface area contributed by atoms with Crippen molar-refractivity contribution in [2.75, 3.05) is 13.6 Å². The van der Waals surface area contributed by atoms with Gasteiger partial charge in [-0.3, -0.25) is 4.79 Å². The molecule has 0 aliphatic carbocycles. The summed E-state index contributed by atoms with van der Waals surface area (Å²) >= 11 is 0. The molecule has 0 radical (unpaired) electrons. The van der Waals surface area contributed by atoms with Crippen LogP contribution in [0.3, 0.4) is 0 Å². The second kappa shape index (κ2) is 4.74. The molecule has 0 bridgehead atoms. The van der Waals surface area contributed by atoms with Crippen LogP contribution < -0.4 is 0 Å². The first kappa shape index (κ1) is 12.8. The molecular weight excluding hydrogens is 257 g/mol. The van der Waals surface area contributed by atoms with E-state index in [2.05, 4.69) is 4.98 Å². The van der Waals surface area contributed by atoms with Crippen molar-refractivity contribution in [3.8, 4) is 11.4 Å². The number of carbonyl (C=O) groups excluding carboxylic acids is 1. The molecule has 1 aliphatic rings. The number of aryl methyl sites for hydroxylation is 1. The Labute approximate surface area is 116 Å². The summed E-state index contributed by atoms with van der Waals surface area (Å²) in [6.07, 6.45) is 4.27. The van der Waals surface area contributed by atoms with Crippen LogP contribution in [0.15, 0.2) is 30.6 Å². The maximum Gasteiger partial charge on any atom is 0.245 e. The summed E-state index contributed by atoms with van der Waals surface area (Å²) in [5, 5.41) is 0. The lowest BCUT2D eigenvalue weighted by molar-refractivity contribution is -0.129. The highest BCUT2D eigenvalue weighted by Gasteiger charge is 2.31. The first-order valence-corrected chi connectivity index (χ1v) is 6.62. The molecule has 1 aromatic heterocycles. The summed E-state index contributed by atoms with van der Waals surface area (Å²) < 4.78 is 15.3. The van der Waals surface area contributed by atoms with E-state index >= 15 is 0 Å². The first-order chi connectivity index (χ1) is 9.58. The van der Waals surface area contributed by atoms with Crippen LogP contribution >= 0.6 is 0 Å². The number of hydrogen-bond donors (Lipinski definition) is 0. The van der Waals surface area contributed by atoms with E-state index in [1.54, 1.807) is 37.2 Å². The average molecular weight is 273 g/mol. The molecule has 1 atom stereocenters. The van der Waals surface area contributed by atoms with Crippen molar-refractivity contribution in [1.82, 2.24) is 14.5 Å². The van der Waals surface area contributed by atoms with Gasteiger partial charge in [0.1, 0.15) is 17.7 Å². The monoisotopic (exact) mass is 273 g/mol. The summed E-state index contributed by atoms with van der Waals surface area (Å²) in [5.41, 5.74) is 1.41. The third-order valence-corrected chi connectivity index (χ3v) is 3.82. The van der Waals surface area contributed by atoms with Crippen LogP contribution in [0.1, 0.15) is 18.0 Å².